The van der Waals surface area contributed by atoms with E-state index < -0.39 is 0 Å². The lowest BCUT2D eigenvalue weighted by molar-refractivity contribution is 0.0236. The van der Waals surface area contributed by atoms with E-state index in [0.29, 0.717) is 24.5 Å². The van der Waals surface area contributed by atoms with E-state index in [1.807, 2.05) is 60.7 Å². The topological polar surface area (TPSA) is 72.3 Å². The summed E-state index contributed by atoms with van der Waals surface area (Å²) in [4.78, 5) is 5.72. The molecule has 5 heteroatoms. The third-order valence-corrected chi connectivity index (χ3v) is 5.74. The van der Waals surface area contributed by atoms with E-state index in [1.54, 1.807) is 0 Å². The largest absolute Gasteiger partial charge is 0.507 e. The number of nitriles is 1. The number of phenols is 1. The lowest BCUT2D eigenvalue weighted by Crippen LogP contribution is -2.39. The average molecular weight is 383 g/mol. The summed E-state index contributed by atoms with van der Waals surface area (Å²) in [5, 5.41) is 22.4. The van der Waals surface area contributed by atoms with Gasteiger partial charge in [0.05, 0.1) is 36.4 Å². The van der Waals surface area contributed by atoms with Crippen LogP contribution in [0.15, 0.2) is 60.7 Å². The lowest BCUT2D eigenvalue weighted by Gasteiger charge is -2.35. The minimum absolute atomic E-state index is 0.107. The predicted molar refractivity (Wildman–Crippen MR) is 113 cm³/mol. The fraction of sp³-hybridized carbons (Fsp3) is 0.208. The third-order valence-electron chi connectivity index (χ3n) is 5.74. The number of rotatable bonds is 3. The number of fused-ring (bicyclic) bond motifs is 3. The Labute approximate surface area is 168 Å². The van der Waals surface area contributed by atoms with E-state index in [1.165, 1.54) is 0 Å². The maximum atomic E-state index is 11.4. The molecule has 0 amide bonds. The van der Waals surface area contributed by atoms with Gasteiger partial charge >= 0.3 is 0 Å². The highest BCUT2D eigenvalue weighted by Gasteiger charge is 2.28. The Balaban J connectivity index is 1.70. The molecule has 0 saturated carbocycles. The van der Waals surface area contributed by atoms with Crippen molar-refractivity contribution in [3.05, 3.63) is 77.4 Å². The van der Waals surface area contributed by atoms with Crippen LogP contribution in [0.2, 0.25) is 0 Å². The second-order valence-electron chi connectivity index (χ2n) is 7.38. The molecule has 1 unspecified atom stereocenters. The Bertz CT molecular complexity index is 1210. The first-order valence-electron chi connectivity index (χ1n) is 9.80. The SMILES string of the molecule is N#Cc1ccc(C(c2ccc3[nH]c4ccccc4c3c2O)N2CCOCC2)cc1. The fourth-order valence-electron chi connectivity index (χ4n) is 4.32. The van der Waals surface area contributed by atoms with Gasteiger partial charge in [-0.2, -0.15) is 5.26 Å². The van der Waals surface area contributed by atoms with Gasteiger partial charge in [0.2, 0.25) is 0 Å². The zero-order valence-electron chi connectivity index (χ0n) is 15.9. The van der Waals surface area contributed by atoms with Crippen LogP contribution in [0, 0.1) is 11.3 Å². The first-order valence-corrected chi connectivity index (χ1v) is 9.80. The Morgan fingerprint density at radius 3 is 2.48 bits per heavy atom. The highest BCUT2D eigenvalue weighted by molar-refractivity contribution is 6.10. The predicted octanol–water partition coefficient (Wildman–Crippen LogP) is 4.32. The highest BCUT2D eigenvalue weighted by Crippen LogP contribution is 2.41. The standard InChI is InChI=1S/C24H21N3O2/c25-15-16-5-7-17(8-6-16)23(27-11-13-29-14-12-27)19-9-10-21-22(24(19)28)18-3-1-2-4-20(18)26-21/h1-10,23,26,28H,11-14H2. The smallest absolute Gasteiger partial charge is 0.130 e. The minimum Gasteiger partial charge on any atom is -0.507 e. The van der Waals surface area contributed by atoms with Crippen molar-refractivity contribution < 1.29 is 9.84 Å². The Morgan fingerprint density at radius 2 is 1.72 bits per heavy atom. The van der Waals surface area contributed by atoms with Crippen molar-refractivity contribution in [1.82, 2.24) is 9.88 Å². The molecule has 5 rings (SSSR count). The van der Waals surface area contributed by atoms with Gasteiger partial charge in [0.15, 0.2) is 0 Å². The summed E-state index contributed by atoms with van der Waals surface area (Å²) in [7, 11) is 0. The molecule has 0 aliphatic carbocycles. The molecule has 1 aliphatic heterocycles. The lowest BCUT2D eigenvalue weighted by atomic mass is 9.93. The number of H-pyrrole nitrogens is 1. The van der Waals surface area contributed by atoms with Gasteiger partial charge in [0.1, 0.15) is 5.75 Å². The number of nitrogens with one attached hydrogen (secondary N) is 1. The van der Waals surface area contributed by atoms with Gasteiger partial charge in [-0.25, -0.2) is 0 Å². The van der Waals surface area contributed by atoms with Crippen LogP contribution in [-0.2, 0) is 4.74 Å². The van der Waals surface area contributed by atoms with Crippen LogP contribution in [-0.4, -0.2) is 41.3 Å². The summed E-state index contributed by atoms with van der Waals surface area (Å²) in [6, 6.07) is 21.8. The number of ether oxygens (including phenoxy) is 1. The molecular formula is C24H21N3O2. The van der Waals surface area contributed by atoms with Crippen LogP contribution < -0.4 is 0 Å². The van der Waals surface area contributed by atoms with Crippen molar-refractivity contribution >= 4 is 21.8 Å². The van der Waals surface area contributed by atoms with Crippen LogP contribution in [0.25, 0.3) is 21.8 Å². The number of aromatic amines is 1. The van der Waals surface area contributed by atoms with E-state index in [-0.39, 0.29) is 6.04 Å². The molecule has 1 fully saturated rings. The molecule has 5 nitrogen and oxygen atoms in total. The summed E-state index contributed by atoms with van der Waals surface area (Å²) in [6.07, 6.45) is 0. The first kappa shape index (κ1) is 17.7. The van der Waals surface area contributed by atoms with Crippen LogP contribution >= 0.6 is 0 Å². The summed E-state index contributed by atoms with van der Waals surface area (Å²) in [6.45, 7) is 2.91. The minimum atomic E-state index is -0.107. The molecule has 1 atom stereocenters. The van der Waals surface area contributed by atoms with Gasteiger partial charge in [0.25, 0.3) is 0 Å². The molecule has 0 radical (unpaired) electrons. The van der Waals surface area contributed by atoms with Crippen LogP contribution in [0.4, 0.5) is 0 Å². The van der Waals surface area contributed by atoms with Crippen molar-refractivity contribution in [2.45, 2.75) is 6.04 Å². The van der Waals surface area contributed by atoms with Gasteiger partial charge in [-0.15, -0.1) is 0 Å². The highest BCUT2D eigenvalue weighted by atomic mass is 16.5. The van der Waals surface area contributed by atoms with Crippen LogP contribution in [0.3, 0.4) is 0 Å². The summed E-state index contributed by atoms with van der Waals surface area (Å²) in [5.41, 5.74) is 4.49. The summed E-state index contributed by atoms with van der Waals surface area (Å²) >= 11 is 0. The van der Waals surface area contributed by atoms with Gasteiger partial charge in [-0.1, -0.05) is 36.4 Å². The molecule has 2 heterocycles. The third kappa shape index (κ3) is 3.03. The van der Waals surface area contributed by atoms with Gasteiger partial charge in [-0.05, 0) is 29.8 Å². The molecule has 4 aromatic rings. The summed E-state index contributed by atoms with van der Waals surface area (Å²) < 4.78 is 5.55. The molecule has 0 bridgehead atoms. The molecule has 2 N–H and O–H groups in total. The maximum absolute atomic E-state index is 11.4. The maximum Gasteiger partial charge on any atom is 0.130 e. The Hall–Kier alpha value is -3.33. The summed E-state index contributed by atoms with van der Waals surface area (Å²) in [5.74, 6) is 0.306. The number of benzene rings is 3. The van der Waals surface area contributed by atoms with Gasteiger partial charge in [0, 0.05) is 34.9 Å². The Kier molecular flexibility index (Phi) is 4.44. The number of para-hydroxylation sites is 1. The molecule has 144 valence electrons. The zero-order chi connectivity index (χ0) is 19.8. The normalized spacial score (nSPS) is 16.1. The fourth-order valence-corrected chi connectivity index (χ4v) is 4.32. The van der Waals surface area contributed by atoms with Crippen molar-refractivity contribution in [3.8, 4) is 11.8 Å². The molecule has 0 spiro atoms. The molecule has 1 aliphatic rings. The van der Waals surface area contributed by atoms with Gasteiger partial charge in [-0.3, -0.25) is 4.90 Å². The van der Waals surface area contributed by atoms with Crippen molar-refractivity contribution in [2.75, 3.05) is 26.3 Å². The number of nitrogens with zero attached hydrogens (tertiary/aromatic N) is 2. The number of aromatic nitrogens is 1. The molecular weight excluding hydrogens is 362 g/mol. The zero-order valence-corrected chi connectivity index (χ0v) is 15.9. The van der Waals surface area contributed by atoms with Crippen LogP contribution in [0.1, 0.15) is 22.7 Å². The van der Waals surface area contributed by atoms with Gasteiger partial charge < -0.3 is 14.8 Å². The van der Waals surface area contributed by atoms with Crippen molar-refractivity contribution in [3.63, 3.8) is 0 Å². The van der Waals surface area contributed by atoms with E-state index >= 15 is 0 Å². The van der Waals surface area contributed by atoms with Crippen LogP contribution in [0.5, 0.6) is 5.75 Å². The van der Waals surface area contributed by atoms with E-state index in [0.717, 1.165) is 46.0 Å². The molecule has 1 saturated heterocycles. The van der Waals surface area contributed by atoms with Crippen molar-refractivity contribution in [1.29, 1.82) is 5.26 Å². The second kappa shape index (κ2) is 7.25. The quantitative estimate of drug-likeness (QED) is 0.553. The molecule has 3 aromatic carbocycles. The Morgan fingerprint density at radius 1 is 0.966 bits per heavy atom. The first-order chi connectivity index (χ1) is 14.3. The number of hydrogen-bond acceptors (Lipinski definition) is 4. The second-order valence-corrected chi connectivity index (χ2v) is 7.38. The number of aromatic hydroxyl groups is 1. The molecule has 1 aromatic heterocycles. The van der Waals surface area contributed by atoms with E-state index in [2.05, 4.69) is 16.0 Å². The van der Waals surface area contributed by atoms with E-state index in [4.69, 9.17) is 10.00 Å². The average Bonchev–Trinajstić information content (AvgIpc) is 3.16. The number of phenolic OH excluding ortho intramolecular Hbond substituents is 1. The molecule has 29 heavy (non-hydrogen) atoms. The number of morpholine rings is 1. The number of hydrogen-bond donors (Lipinski definition) is 2. The monoisotopic (exact) mass is 383 g/mol. The van der Waals surface area contributed by atoms with Crippen molar-refractivity contribution in [2.24, 2.45) is 0 Å². The van der Waals surface area contributed by atoms with E-state index in [9.17, 15) is 5.11 Å².